The molecule has 0 radical (unpaired) electrons. The molecule has 1 aliphatic carbocycles. The number of hydrogen-bond donors (Lipinski definition) is 1. The van der Waals surface area contributed by atoms with Crippen molar-refractivity contribution in [3.8, 4) is 0 Å². The summed E-state index contributed by atoms with van der Waals surface area (Å²) >= 11 is 0. The summed E-state index contributed by atoms with van der Waals surface area (Å²) < 4.78 is 5.51. The molecule has 1 saturated heterocycles. The van der Waals surface area contributed by atoms with Gasteiger partial charge in [0.2, 0.25) is 5.91 Å². The lowest BCUT2D eigenvalue weighted by Gasteiger charge is -2.33. The lowest BCUT2D eigenvalue weighted by molar-refractivity contribution is -0.154. The van der Waals surface area contributed by atoms with E-state index in [-0.39, 0.29) is 12.0 Å². The zero-order valence-corrected chi connectivity index (χ0v) is 10.1. The summed E-state index contributed by atoms with van der Waals surface area (Å²) in [4.78, 5) is 24.8. The van der Waals surface area contributed by atoms with Gasteiger partial charge < -0.3 is 14.7 Å². The molecule has 5 heteroatoms. The van der Waals surface area contributed by atoms with Gasteiger partial charge in [0.25, 0.3) is 0 Å². The second-order valence-electron chi connectivity index (χ2n) is 4.83. The molecule has 0 spiro atoms. The molecular formula is C12H19NO4. The maximum Gasteiger partial charge on any atom is 0.319 e. The standard InChI is InChI=1S/C12H19NO4/c1-2-17-9-3-7-13(8-4-9)10(14)12(5-6-12)11(15)16/h9H,2-8H2,1H3,(H,15,16). The maximum atomic E-state index is 12.1. The molecular weight excluding hydrogens is 222 g/mol. The summed E-state index contributed by atoms with van der Waals surface area (Å²) in [5, 5.41) is 9.07. The Labute approximate surface area is 101 Å². The monoisotopic (exact) mass is 241 g/mol. The molecule has 2 fully saturated rings. The zero-order chi connectivity index (χ0) is 12.5. The van der Waals surface area contributed by atoms with Crippen molar-refractivity contribution >= 4 is 11.9 Å². The summed E-state index contributed by atoms with van der Waals surface area (Å²) in [5.74, 6) is -1.16. The largest absolute Gasteiger partial charge is 0.480 e. The van der Waals surface area contributed by atoms with E-state index in [1.165, 1.54) is 0 Å². The van der Waals surface area contributed by atoms with Crippen LogP contribution in [-0.2, 0) is 14.3 Å². The average Bonchev–Trinajstić information content (AvgIpc) is 3.11. The van der Waals surface area contributed by atoms with Crippen LogP contribution in [0.1, 0.15) is 32.6 Å². The van der Waals surface area contributed by atoms with Gasteiger partial charge in [0.05, 0.1) is 6.10 Å². The van der Waals surface area contributed by atoms with Crippen LogP contribution >= 0.6 is 0 Å². The van der Waals surface area contributed by atoms with Gasteiger partial charge in [-0.25, -0.2) is 0 Å². The number of nitrogens with zero attached hydrogens (tertiary/aromatic N) is 1. The smallest absolute Gasteiger partial charge is 0.319 e. The molecule has 1 saturated carbocycles. The molecule has 2 aliphatic rings. The Morgan fingerprint density at radius 3 is 2.35 bits per heavy atom. The number of carbonyl (C=O) groups is 2. The van der Waals surface area contributed by atoms with Crippen molar-refractivity contribution in [2.75, 3.05) is 19.7 Å². The van der Waals surface area contributed by atoms with Crippen LogP contribution in [0.15, 0.2) is 0 Å². The molecule has 1 amide bonds. The number of carbonyl (C=O) groups excluding carboxylic acids is 1. The molecule has 1 heterocycles. The van der Waals surface area contributed by atoms with E-state index in [0.29, 0.717) is 32.5 Å². The van der Waals surface area contributed by atoms with E-state index in [2.05, 4.69) is 0 Å². The number of aliphatic carboxylic acids is 1. The number of rotatable bonds is 4. The second-order valence-corrected chi connectivity index (χ2v) is 4.83. The first-order chi connectivity index (χ1) is 8.10. The molecule has 0 unspecified atom stereocenters. The highest BCUT2D eigenvalue weighted by Crippen LogP contribution is 2.47. The van der Waals surface area contributed by atoms with Crippen LogP contribution in [0.3, 0.4) is 0 Å². The Balaban J connectivity index is 1.89. The van der Waals surface area contributed by atoms with Gasteiger partial charge in [-0.2, -0.15) is 0 Å². The number of carboxylic acid groups (broad SMARTS) is 1. The van der Waals surface area contributed by atoms with Crippen molar-refractivity contribution in [1.82, 2.24) is 4.90 Å². The van der Waals surface area contributed by atoms with Crippen LogP contribution < -0.4 is 0 Å². The normalized spacial score (nSPS) is 23.5. The van der Waals surface area contributed by atoms with Crippen LogP contribution in [-0.4, -0.2) is 47.7 Å². The van der Waals surface area contributed by atoms with Gasteiger partial charge in [-0.3, -0.25) is 9.59 Å². The van der Waals surface area contributed by atoms with E-state index in [4.69, 9.17) is 9.84 Å². The lowest BCUT2D eigenvalue weighted by Crippen LogP contribution is -2.46. The third kappa shape index (κ3) is 2.29. The number of amides is 1. The number of ether oxygens (including phenoxy) is 1. The molecule has 5 nitrogen and oxygen atoms in total. The number of likely N-dealkylation sites (tertiary alicyclic amines) is 1. The summed E-state index contributed by atoms with van der Waals surface area (Å²) in [6.45, 7) is 3.90. The molecule has 2 rings (SSSR count). The SMILES string of the molecule is CCOC1CCN(C(=O)C2(C(=O)O)CC2)CC1. The predicted octanol–water partition coefficient (Wildman–Crippen LogP) is 0.879. The topological polar surface area (TPSA) is 66.8 Å². The van der Waals surface area contributed by atoms with Gasteiger partial charge in [0.15, 0.2) is 0 Å². The van der Waals surface area contributed by atoms with Crippen molar-refractivity contribution in [2.45, 2.75) is 38.7 Å². The van der Waals surface area contributed by atoms with E-state index < -0.39 is 11.4 Å². The third-order valence-electron chi connectivity index (χ3n) is 3.70. The lowest BCUT2D eigenvalue weighted by atomic mass is 10.0. The van der Waals surface area contributed by atoms with Gasteiger partial charge >= 0.3 is 5.97 Å². The highest BCUT2D eigenvalue weighted by Gasteiger charge is 2.58. The Kier molecular flexibility index (Phi) is 3.38. The van der Waals surface area contributed by atoms with E-state index in [1.54, 1.807) is 4.90 Å². The molecule has 1 N–H and O–H groups in total. The van der Waals surface area contributed by atoms with Crippen LogP contribution in [0, 0.1) is 5.41 Å². The van der Waals surface area contributed by atoms with Gasteiger partial charge in [0, 0.05) is 19.7 Å². The van der Waals surface area contributed by atoms with Crippen molar-refractivity contribution in [3.05, 3.63) is 0 Å². The molecule has 0 aromatic rings. The number of piperidine rings is 1. The molecule has 0 bridgehead atoms. The first-order valence-electron chi connectivity index (χ1n) is 6.24. The molecule has 96 valence electrons. The summed E-state index contributed by atoms with van der Waals surface area (Å²) in [7, 11) is 0. The number of carboxylic acids is 1. The fraction of sp³-hybridized carbons (Fsp3) is 0.833. The minimum Gasteiger partial charge on any atom is -0.480 e. The Hall–Kier alpha value is -1.10. The Morgan fingerprint density at radius 2 is 1.94 bits per heavy atom. The van der Waals surface area contributed by atoms with Gasteiger partial charge in [-0.05, 0) is 32.6 Å². The van der Waals surface area contributed by atoms with E-state index >= 15 is 0 Å². The minimum atomic E-state index is -1.08. The highest BCUT2D eigenvalue weighted by atomic mass is 16.5. The second kappa shape index (κ2) is 4.64. The van der Waals surface area contributed by atoms with Crippen molar-refractivity contribution < 1.29 is 19.4 Å². The maximum absolute atomic E-state index is 12.1. The highest BCUT2D eigenvalue weighted by molar-refractivity contribution is 6.04. The summed E-state index contributed by atoms with van der Waals surface area (Å²) in [5.41, 5.74) is -1.08. The van der Waals surface area contributed by atoms with Crippen LogP contribution in [0.4, 0.5) is 0 Å². The third-order valence-corrected chi connectivity index (χ3v) is 3.70. The zero-order valence-electron chi connectivity index (χ0n) is 10.1. The Morgan fingerprint density at radius 1 is 1.35 bits per heavy atom. The minimum absolute atomic E-state index is 0.194. The quantitative estimate of drug-likeness (QED) is 0.742. The molecule has 1 aliphatic heterocycles. The summed E-state index contributed by atoms with van der Waals surface area (Å²) in [6.07, 6.45) is 2.84. The Bertz CT molecular complexity index is 316. The first kappa shape index (κ1) is 12.4. The molecule has 0 aromatic heterocycles. The summed E-state index contributed by atoms with van der Waals surface area (Å²) in [6, 6.07) is 0. The molecule has 17 heavy (non-hydrogen) atoms. The van der Waals surface area contributed by atoms with Crippen LogP contribution in [0.2, 0.25) is 0 Å². The molecule has 0 aromatic carbocycles. The van der Waals surface area contributed by atoms with E-state index in [0.717, 1.165) is 12.8 Å². The van der Waals surface area contributed by atoms with Crippen molar-refractivity contribution in [1.29, 1.82) is 0 Å². The predicted molar refractivity (Wildman–Crippen MR) is 60.5 cm³/mol. The van der Waals surface area contributed by atoms with E-state index in [1.807, 2.05) is 6.92 Å². The molecule has 0 atom stereocenters. The van der Waals surface area contributed by atoms with E-state index in [9.17, 15) is 9.59 Å². The van der Waals surface area contributed by atoms with Crippen LogP contribution in [0.5, 0.6) is 0 Å². The van der Waals surface area contributed by atoms with Crippen molar-refractivity contribution in [3.63, 3.8) is 0 Å². The fourth-order valence-electron chi connectivity index (χ4n) is 2.41. The number of hydrogen-bond acceptors (Lipinski definition) is 3. The van der Waals surface area contributed by atoms with Gasteiger partial charge in [0.1, 0.15) is 5.41 Å². The van der Waals surface area contributed by atoms with Gasteiger partial charge in [-0.15, -0.1) is 0 Å². The first-order valence-corrected chi connectivity index (χ1v) is 6.24. The van der Waals surface area contributed by atoms with Gasteiger partial charge in [-0.1, -0.05) is 0 Å². The van der Waals surface area contributed by atoms with Crippen LogP contribution in [0.25, 0.3) is 0 Å². The van der Waals surface area contributed by atoms with Crippen molar-refractivity contribution in [2.24, 2.45) is 5.41 Å². The fourth-order valence-corrected chi connectivity index (χ4v) is 2.41. The average molecular weight is 241 g/mol.